The van der Waals surface area contributed by atoms with Crippen molar-refractivity contribution in [2.75, 3.05) is 7.05 Å². The van der Waals surface area contributed by atoms with Gasteiger partial charge in [0.05, 0.1) is 0 Å². The first-order valence-electron chi connectivity index (χ1n) is 4.78. The Morgan fingerprint density at radius 3 is 2.09 bits per heavy atom. The molecule has 0 spiro atoms. The molecule has 0 aromatic heterocycles. The smallest absolute Gasteiger partial charge is 0.00276 e. The predicted octanol–water partition coefficient (Wildman–Crippen LogP) is 2.83. The lowest BCUT2D eigenvalue weighted by molar-refractivity contribution is 0.566. The summed E-state index contributed by atoms with van der Waals surface area (Å²) in [6.07, 6.45) is 11.9. The van der Waals surface area contributed by atoms with E-state index in [4.69, 9.17) is 0 Å². The van der Waals surface area contributed by atoms with Gasteiger partial charge in [-0.05, 0) is 31.9 Å². The van der Waals surface area contributed by atoms with Crippen molar-refractivity contribution in [2.45, 2.75) is 44.9 Å². The molecule has 1 aliphatic carbocycles. The number of allylic oxidation sites excluding steroid dienone is 1. The quantitative estimate of drug-likeness (QED) is 0.611. The van der Waals surface area contributed by atoms with E-state index < -0.39 is 0 Å². The number of hydrogen-bond donors (Lipinski definition) is 1. The van der Waals surface area contributed by atoms with E-state index in [1.165, 1.54) is 44.9 Å². The number of nitrogens with one attached hydrogen (secondary N) is 1. The molecule has 0 bridgehead atoms. The zero-order chi connectivity index (χ0) is 7.94. The molecule has 0 unspecified atom stereocenters. The maximum Gasteiger partial charge on any atom is 0.00276 e. The predicted molar refractivity (Wildman–Crippen MR) is 49.5 cm³/mol. The highest BCUT2D eigenvalue weighted by molar-refractivity contribution is 5.00. The molecule has 11 heavy (non-hydrogen) atoms. The topological polar surface area (TPSA) is 12.0 Å². The molecule has 0 radical (unpaired) electrons. The molecule has 1 heteroatoms. The molecule has 0 aromatic carbocycles. The van der Waals surface area contributed by atoms with Crippen LogP contribution in [0.4, 0.5) is 0 Å². The van der Waals surface area contributed by atoms with Crippen LogP contribution in [0, 0.1) is 0 Å². The Balaban J connectivity index is 2.31. The standard InChI is InChI=1S/C10H19N/c1-11-9-10-7-5-3-2-4-6-8-10/h9,11H,2-8H2,1H3. The van der Waals surface area contributed by atoms with E-state index in [0.717, 1.165) is 0 Å². The molecule has 1 fully saturated rings. The van der Waals surface area contributed by atoms with Crippen molar-refractivity contribution >= 4 is 0 Å². The lowest BCUT2D eigenvalue weighted by Gasteiger charge is -2.11. The summed E-state index contributed by atoms with van der Waals surface area (Å²) in [5, 5.41) is 3.12. The van der Waals surface area contributed by atoms with Crippen molar-refractivity contribution in [3.8, 4) is 0 Å². The number of rotatable bonds is 1. The van der Waals surface area contributed by atoms with Crippen LogP contribution in [0.2, 0.25) is 0 Å². The molecule has 1 saturated carbocycles. The van der Waals surface area contributed by atoms with Gasteiger partial charge >= 0.3 is 0 Å². The molecule has 1 rings (SSSR count). The van der Waals surface area contributed by atoms with Gasteiger partial charge in [-0.15, -0.1) is 0 Å². The van der Waals surface area contributed by atoms with E-state index in [1.54, 1.807) is 5.57 Å². The molecule has 0 saturated heterocycles. The van der Waals surface area contributed by atoms with Gasteiger partial charge in [0, 0.05) is 7.05 Å². The first-order chi connectivity index (χ1) is 5.43. The molecule has 64 valence electrons. The zero-order valence-electron chi connectivity index (χ0n) is 7.53. The van der Waals surface area contributed by atoms with Crippen LogP contribution in [0.3, 0.4) is 0 Å². The van der Waals surface area contributed by atoms with Crippen molar-refractivity contribution in [1.29, 1.82) is 0 Å². The van der Waals surface area contributed by atoms with Crippen LogP contribution in [0.1, 0.15) is 44.9 Å². The molecule has 0 atom stereocenters. The zero-order valence-corrected chi connectivity index (χ0v) is 7.53. The first kappa shape index (κ1) is 8.63. The summed E-state index contributed by atoms with van der Waals surface area (Å²) >= 11 is 0. The first-order valence-corrected chi connectivity index (χ1v) is 4.78. The van der Waals surface area contributed by atoms with E-state index in [2.05, 4.69) is 11.5 Å². The minimum Gasteiger partial charge on any atom is -0.394 e. The van der Waals surface area contributed by atoms with E-state index in [0.29, 0.717) is 0 Å². The monoisotopic (exact) mass is 153 g/mol. The van der Waals surface area contributed by atoms with Gasteiger partial charge in [0.1, 0.15) is 0 Å². The Hall–Kier alpha value is -0.460. The van der Waals surface area contributed by atoms with Gasteiger partial charge in [0.2, 0.25) is 0 Å². The minimum absolute atomic E-state index is 1.32. The van der Waals surface area contributed by atoms with Crippen molar-refractivity contribution < 1.29 is 0 Å². The lowest BCUT2D eigenvalue weighted by atomic mass is 9.97. The summed E-state index contributed by atoms with van der Waals surface area (Å²) in [5.41, 5.74) is 1.62. The second-order valence-electron chi connectivity index (χ2n) is 3.36. The normalized spacial score (nSPS) is 20.3. The molecular formula is C10H19N. The molecule has 0 heterocycles. The lowest BCUT2D eigenvalue weighted by Crippen LogP contribution is -1.99. The van der Waals surface area contributed by atoms with Crippen molar-refractivity contribution in [2.24, 2.45) is 0 Å². The van der Waals surface area contributed by atoms with Crippen LogP contribution in [-0.4, -0.2) is 7.05 Å². The van der Waals surface area contributed by atoms with Crippen molar-refractivity contribution in [3.05, 3.63) is 11.8 Å². The highest BCUT2D eigenvalue weighted by atomic mass is 14.8. The molecule has 1 nitrogen and oxygen atoms in total. The largest absolute Gasteiger partial charge is 0.394 e. The Morgan fingerprint density at radius 1 is 1.00 bits per heavy atom. The van der Waals surface area contributed by atoms with Crippen molar-refractivity contribution in [3.63, 3.8) is 0 Å². The summed E-state index contributed by atoms with van der Waals surface area (Å²) in [6, 6.07) is 0. The highest BCUT2D eigenvalue weighted by Gasteiger charge is 2.01. The third-order valence-corrected chi connectivity index (χ3v) is 2.34. The van der Waals surface area contributed by atoms with Gasteiger partial charge in [0.15, 0.2) is 0 Å². The van der Waals surface area contributed by atoms with Gasteiger partial charge in [-0.1, -0.05) is 24.8 Å². The summed E-state index contributed by atoms with van der Waals surface area (Å²) in [4.78, 5) is 0. The van der Waals surface area contributed by atoms with Crippen molar-refractivity contribution in [1.82, 2.24) is 5.32 Å². The molecule has 0 aromatic rings. The second kappa shape index (κ2) is 5.22. The average molecular weight is 153 g/mol. The van der Waals surface area contributed by atoms with Crippen LogP contribution >= 0.6 is 0 Å². The Kier molecular flexibility index (Phi) is 4.10. The third-order valence-electron chi connectivity index (χ3n) is 2.34. The van der Waals surface area contributed by atoms with Crippen LogP contribution in [0.15, 0.2) is 11.8 Å². The molecule has 1 N–H and O–H groups in total. The summed E-state index contributed by atoms with van der Waals surface area (Å²) in [7, 11) is 1.99. The highest BCUT2D eigenvalue weighted by Crippen LogP contribution is 2.20. The SMILES string of the molecule is CNC=C1CCCCCCC1. The maximum absolute atomic E-state index is 3.12. The van der Waals surface area contributed by atoms with Gasteiger partial charge in [0.25, 0.3) is 0 Å². The molecule has 0 amide bonds. The Labute approximate surface area is 69.9 Å². The fourth-order valence-corrected chi connectivity index (χ4v) is 1.71. The molecule has 0 aliphatic heterocycles. The van der Waals surface area contributed by atoms with E-state index in [-0.39, 0.29) is 0 Å². The van der Waals surface area contributed by atoms with E-state index in [1.807, 2.05) is 7.05 Å². The second-order valence-corrected chi connectivity index (χ2v) is 3.36. The fraction of sp³-hybridized carbons (Fsp3) is 0.800. The third kappa shape index (κ3) is 3.45. The summed E-state index contributed by atoms with van der Waals surface area (Å²) < 4.78 is 0. The number of hydrogen-bond acceptors (Lipinski definition) is 1. The Bertz CT molecular complexity index is 117. The van der Waals surface area contributed by atoms with E-state index in [9.17, 15) is 0 Å². The maximum atomic E-state index is 3.12. The van der Waals surface area contributed by atoms with E-state index >= 15 is 0 Å². The van der Waals surface area contributed by atoms with Gasteiger partial charge in [-0.2, -0.15) is 0 Å². The van der Waals surface area contributed by atoms with Crippen LogP contribution in [-0.2, 0) is 0 Å². The Morgan fingerprint density at radius 2 is 1.55 bits per heavy atom. The average Bonchev–Trinajstić information content (AvgIpc) is 1.94. The van der Waals surface area contributed by atoms with Gasteiger partial charge in [-0.3, -0.25) is 0 Å². The summed E-state index contributed by atoms with van der Waals surface area (Å²) in [5.74, 6) is 0. The van der Waals surface area contributed by atoms with Gasteiger partial charge < -0.3 is 5.32 Å². The van der Waals surface area contributed by atoms with Gasteiger partial charge in [-0.25, -0.2) is 0 Å². The van der Waals surface area contributed by atoms with Crippen LogP contribution < -0.4 is 5.32 Å². The summed E-state index contributed by atoms with van der Waals surface area (Å²) in [6.45, 7) is 0. The van der Waals surface area contributed by atoms with Crippen LogP contribution in [0.5, 0.6) is 0 Å². The minimum atomic E-state index is 1.32. The van der Waals surface area contributed by atoms with Crippen LogP contribution in [0.25, 0.3) is 0 Å². The molecular weight excluding hydrogens is 134 g/mol. The molecule has 1 aliphatic rings. The fourth-order valence-electron chi connectivity index (χ4n) is 1.71.